The van der Waals surface area contributed by atoms with Gasteiger partial charge in [0, 0.05) is 25.2 Å². The lowest BCUT2D eigenvalue weighted by Gasteiger charge is -2.56. The number of rotatable bonds is 20. The number of aliphatic hydroxyl groups excluding tert-OH is 10. The molecule has 0 spiro atoms. The fourth-order valence-electron chi connectivity index (χ4n) is 11.6. The summed E-state index contributed by atoms with van der Waals surface area (Å²) >= 11 is 0. The number of carbonyl (C=O) groups excluding carboxylic acids is 5. The van der Waals surface area contributed by atoms with E-state index < -0.39 is 103 Å². The van der Waals surface area contributed by atoms with Gasteiger partial charge in [0.05, 0.1) is 67.7 Å². The molecule has 3 aromatic carbocycles. The SMILES string of the molecule is C[NH2+]C[C@H](O)[C@@H](O)[C@H](O)[C@H](O)CO.C[NH2+]C[C@H](O)[C@@H](O)[C@H](O)[C@H](O)CO.O=C([O-])c1cc(NC(=O)C2Cc3ccccc3CCN2C(=O)c2cc3[nH]cnc3cc2C(=O)NCC23CC4CC(CC(C4)C2)C3)cc(C(=O)[O-])c1. The second kappa shape index (κ2) is 27.0. The van der Waals surface area contributed by atoms with Crippen molar-refractivity contribution in [2.75, 3.05) is 58.8 Å². The van der Waals surface area contributed by atoms with Crippen LogP contribution in [0.5, 0.6) is 0 Å². The number of carbonyl (C=O) groups is 5. The van der Waals surface area contributed by atoms with Crippen molar-refractivity contribution in [1.29, 1.82) is 0 Å². The van der Waals surface area contributed by atoms with Crippen molar-refractivity contribution >= 4 is 46.4 Å². The zero-order valence-electron chi connectivity index (χ0n) is 43.0. The summed E-state index contributed by atoms with van der Waals surface area (Å²) in [6, 6.07) is 12.7. The second-order valence-electron chi connectivity index (χ2n) is 20.9. The number of amides is 3. The van der Waals surface area contributed by atoms with Gasteiger partial charge in [0.25, 0.3) is 11.8 Å². The summed E-state index contributed by atoms with van der Waals surface area (Å²) in [4.78, 5) is 75.0. The summed E-state index contributed by atoms with van der Waals surface area (Å²) in [6.07, 6.45) is -1.77. The summed E-state index contributed by atoms with van der Waals surface area (Å²) in [5, 5.41) is 122. The molecule has 77 heavy (non-hydrogen) atoms. The van der Waals surface area contributed by atoms with Gasteiger partial charge in [0.2, 0.25) is 5.91 Å². The Bertz CT molecular complexity index is 2570. The van der Waals surface area contributed by atoms with Crippen molar-refractivity contribution in [3.63, 3.8) is 0 Å². The van der Waals surface area contributed by atoms with Crippen molar-refractivity contribution in [3.05, 3.63) is 94.3 Å². The average molecular weight is 1080 g/mol. The Hall–Kier alpha value is -6.00. The van der Waals surface area contributed by atoms with Crippen molar-refractivity contribution in [2.24, 2.45) is 23.2 Å². The molecule has 4 bridgehead atoms. The van der Waals surface area contributed by atoms with Gasteiger partial charge in [-0.05, 0) is 121 Å². The molecule has 3 amide bonds. The van der Waals surface area contributed by atoms with Gasteiger partial charge in [0.1, 0.15) is 68.0 Å². The topological polar surface area (TPSA) is 423 Å². The number of nitrogens with one attached hydrogen (secondary N) is 3. The number of aromatic carboxylic acids is 2. The van der Waals surface area contributed by atoms with E-state index >= 15 is 0 Å². The van der Waals surface area contributed by atoms with Gasteiger partial charge in [-0.2, -0.15) is 0 Å². The molecule has 4 aliphatic carbocycles. The predicted octanol–water partition coefficient (Wildman–Crippen LogP) is -6.28. The van der Waals surface area contributed by atoms with E-state index in [-0.39, 0.29) is 54.2 Å². The average Bonchev–Trinajstić information content (AvgIpc) is 3.79. The number of quaternary nitrogens is 2. The third-order valence-corrected chi connectivity index (χ3v) is 15.2. The smallest absolute Gasteiger partial charge is 0.255 e. The van der Waals surface area contributed by atoms with Crippen LogP contribution in [0.2, 0.25) is 0 Å². The maximum absolute atomic E-state index is 14.7. The quantitative estimate of drug-likeness (QED) is 0.0391. The standard InChI is InChI=1S/C39H39N5O7.2C7H17NO5/c45-34(40-19-39-16-21-7-22(17-39)9-23(8-21)18-39)29-14-31-32(42-20-41-31)15-30(29)36(47)44-6-5-24-3-1-2-4-25(24)13-33(44)35(46)43-28-11-26(37(48)49)10-27(12-28)38(50)51;2*1-8-2-4(10)6(12)7(13)5(11)3-9/h1-4,10-12,14-15,20-23,33H,5-9,13,16-19H2,(H,40,45)(H,41,42)(H,43,46)(H,48,49)(H,50,51);2*4-13H,2-3H2,1H3/t;2*4-,5+,6+,7+/m.00/s1. The molecule has 17 N–H and O–H groups in total. The number of aromatic amines is 1. The minimum atomic E-state index is -1.63. The minimum absolute atomic E-state index is 0.0787. The molecule has 2 heterocycles. The Morgan fingerprint density at radius 2 is 1.22 bits per heavy atom. The first kappa shape index (κ1) is 60.2. The summed E-state index contributed by atoms with van der Waals surface area (Å²) in [5.41, 5.74) is 2.26. The van der Waals surface area contributed by atoms with Crippen molar-refractivity contribution in [2.45, 2.75) is 106 Å². The van der Waals surface area contributed by atoms with Gasteiger partial charge in [0.15, 0.2) is 0 Å². The number of nitrogens with two attached hydrogens (primary N) is 2. The molecule has 4 saturated carbocycles. The van der Waals surface area contributed by atoms with Gasteiger partial charge < -0.3 is 102 Å². The minimum Gasteiger partial charge on any atom is -0.545 e. The highest BCUT2D eigenvalue weighted by molar-refractivity contribution is 6.11. The van der Waals surface area contributed by atoms with Gasteiger partial charge in [-0.3, -0.25) is 14.4 Å². The molecule has 1 aromatic heterocycles. The summed E-state index contributed by atoms with van der Waals surface area (Å²) in [5.74, 6) is -2.65. The normalized spacial score (nSPS) is 23.5. The zero-order chi connectivity index (χ0) is 56.3. The number of H-pyrrole nitrogens is 1. The third-order valence-electron chi connectivity index (χ3n) is 15.2. The van der Waals surface area contributed by atoms with Crippen molar-refractivity contribution < 1.29 is 95.9 Å². The molecule has 4 fully saturated rings. The maximum atomic E-state index is 14.7. The van der Waals surface area contributed by atoms with Gasteiger partial charge in [-0.25, -0.2) is 4.98 Å². The first-order valence-corrected chi connectivity index (χ1v) is 25.9. The molecule has 24 heteroatoms. The number of nitrogens with zero attached hydrogens (tertiary/aromatic N) is 2. The van der Waals surface area contributed by atoms with E-state index in [2.05, 4.69) is 20.6 Å². The number of aromatic nitrogens is 2. The molecule has 1 aliphatic heterocycles. The van der Waals surface area contributed by atoms with Crippen LogP contribution in [0.4, 0.5) is 5.69 Å². The molecule has 24 nitrogen and oxygen atoms in total. The molecular weight excluding hydrogens is 1010 g/mol. The van der Waals surface area contributed by atoms with Crippen LogP contribution in [0.25, 0.3) is 11.0 Å². The van der Waals surface area contributed by atoms with Crippen LogP contribution in [0.15, 0.2) is 60.9 Å². The predicted molar refractivity (Wildman–Crippen MR) is 269 cm³/mol. The van der Waals surface area contributed by atoms with Crippen LogP contribution < -0.4 is 31.5 Å². The third kappa shape index (κ3) is 15.0. The van der Waals surface area contributed by atoms with E-state index in [0.29, 0.717) is 24.0 Å². The van der Waals surface area contributed by atoms with Gasteiger partial charge in [-0.15, -0.1) is 0 Å². The second-order valence-corrected chi connectivity index (χ2v) is 20.9. The molecule has 1 unspecified atom stereocenters. The number of imidazole rings is 1. The van der Waals surface area contributed by atoms with E-state index in [1.165, 1.54) is 30.5 Å². The van der Waals surface area contributed by atoms with Crippen LogP contribution in [0.1, 0.15) is 91.1 Å². The summed E-state index contributed by atoms with van der Waals surface area (Å²) in [7, 11) is 3.40. The number of anilines is 1. The largest absolute Gasteiger partial charge is 0.545 e. The van der Waals surface area contributed by atoms with Crippen LogP contribution in [0.3, 0.4) is 0 Å². The first-order chi connectivity index (χ1) is 36.6. The number of aliphatic hydroxyl groups is 10. The number of likely N-dealkylation sites (N-methyl/N-ethyl adjacent to an activating group) is 2. The number of carboxylic acids is 2. The first-order valence-electron chi connectivity index (χ1n) is 25.9. The highest BCUT2D eigenvalue weighted by atomic mass is 16.4. The van der Waals surface area contributed by atoms with Gasteiger partial charge >= 0.3 is 0 Å². The molecule has 5 aliphatic rings. The highest BCUT2D eigenvalue weighted by Gasteiger charge is 2.51. The van der Waals surface area contributed by atoms with E-state index in [0.717, 1.165) is 66.3 Å². The maximum Gasteiger partial charge on any atom is 0.255 e. The molecule has 0 saturated heterocycles. The van der Waals surface area contributed by atoms with Crippen LogP contribution in [-0.2, 0) is 17.6 Å². The van der Waals surface area contributed by atoms with Crippen LogP contribution in [-0.4, -0.2) is 204 Å². The zero-order valence-corrected chi connectivity index (χ0v) is 43.0. The van der Waals surface area contributed by atoms with Crippen LogP contribution >= 0.6 is 0 Å². The Labute approximate surface area is 443 Å². The number of carboxylic acid groups (broad SMARTS) is 2. The molecule has 0 radical (unpaired) electrons. The van der Waals surface area contributed by atoms with Crippen molar-refractivity contribution in [1.82, 2.24) is 20.2 Å². The molecule has 9 rings (SSSR count). The Kier molecular flexibility index (Phi) is 21.2. The molecule has 9 atom stereocenters. The number of fused-ring (bicyclic) bond motifs is 2. The van der Waals surface area contributed by atoms with E-state index in [9.17, 15) is 54.6 Å². The lowest BCUT2D eigenvalue weighted by molar-refractivity contribution is -0.635. The Balaban J connectivity index is 0.000000305. The van der Waals surface area contributed by atoms with Crippen molar-refractivity contribution in [3.8, 4) is 0 Å². The highest BCUT2D eigenvalue weighted by Crippen LogP contribution is 2.59. The number of hydrogen-bond acceptors (Lipinski definition) is 18. The number of benzene rings is 3. The van der Waals surface area contributed by atoms with Crippen LogP contribution in [0, 0.1) is 23.2 Å². The lowest BCUT2D eigenvalue weighted by atomic mass is 9.49. The van der Waals surface area contributed by atoms with E-state index in [1.807, 2.05) is 24.3 Å². The molecule has 422 valence electrons. The van der Waals surface area contributed by atoms with Gasteiger partial charge in [-0.1, -0.05) is 24.3 Å². The summed E-state index contributed by atoms with van der Waals surface area (Å²) < 4.78 is 0. The number of hydrogen-bond donors (Lipinski definition) is 15. The fourth-order valence-corrected chi connectivity index (χ4v) is 11.6. The Morgan fingerprint density at radius 3 is 1.71 bits per heavy atom. The van der Waals surface area contributed by atoms with E-state index in [4.69, 9.17) is 30.6 Å². The molecule has 4 aromatic rings. The fraction of sp³-hybridized carbons (Fsp3) is 0.547. The monoisotopic (exact) mass is 1080 g/mol. The Morgan fingerprint density at radius 1 is 0.714 bits per heavy atom. The van der Waals surface area contributed by atoms with E-state index in [1.54, 1.807) is 36.9 Å². The molecular formula is C53H73N7O17. The summed E-state index contributed by atoms with van der Waals surface area (Å²) in [6.45, 7) is -0.175. The lowest BCUT2D eigenvalue weighted by Crippen LogP contribution is -2.83.